The third-order valence-electron chi connectivity index (χ3n) is 7.90. The number of nitrogens with zero attached hydrogens (tertiary/aromatic N) is 2. The molecular weight excluding hydrogens is 731 g/mol. The Balaban J connectivity index is 0.000000172. The van der Waals surface area contributed by atoms with Crippen LogP contribution in [0.1, 0.15) is 36.0 Å². The molecule has 0 N–H and O–H groups in total. The van der Waals surface area contributed by atoms with Gasteiger partial charge in [0.2, 0.25) is 6.71 Å². The Morgan fingerprint density at radius 2 is 1.44 bits per heavy atom. The van der Waals surface area contributed by atoms with Gasteiger partial charge in [-0.3, -0.25) is 0 Å². The first-order valence-electron chi connectivity index (χ1n) is 16.1. The van der Waals surface area contributed by atoms with Crippen molar-refractivity contribution in [1.29, 1.82) is 0 Å². The molecule has 6 heteroatoms. The number of rotatable bonds is 2. The number of para-hydroxylation sites is 2. The normalized spacial score (nSPS) is 13.4. The van der Waals surface area contributed by atoms with Gasteiger partial charge < -0.3 is 19.4 Å². The molecule has 0 amide bonds. The van der Waals surface area contributed by atoms with E-state index in [9.17, 15) is 0 Å². The van der Waals surface area contributed by atoms with Gasteiger partial charge in [0.15, 0.2) is 0 Å². The molecule has 2 aliphatic heterocycles. The van der Waals surface area contributed by atoms with E-state index in [2.05, 4.69) is 67.1 Å². The molecule has 0 saturated heterocycles. The number of benzene rings is 4. The predicted octanol–water partition coefficient (Wildman–Crippen LogP) is 7.43. The smallest absolute Gasteiger partial charge is 0.239 e. The maximum Gasteiger partial charge on any atom is 0.239 e. The summed E-state index contributed by atoms with van der Waals surface area (Å²) >= 11 is 0. The van der Waals surface area contributed by atoms with E-state index < -0.39 is 6.85 Å². The number of pyridine rings is 2. The van der Waals surface area contributed by atoms with Crippen molar-refractivity contribution in [2.45, 2.75) is 33.0 Å². The van der Waals surface area contributed by atoms with Gasteiger partial charge in [0.05, 0.1) is 0 Å². The molecule has 4 heterocycles. The zero-order valence-electron chi connectivity index (χ0n) is 28.1. The minimum atomic E-state index is -2.08. The first-order valence-corrected chi connectivity index (χ1v) is 14.6. The minimum Gasteiger partial charge on any atom is -0.503 e. The third kappa shape index (κ3) is 5.96. The molecule has 0 aliphatic carbocycles. The first kappa shape index (κ1) is 26.9. The van der Waals surface area contributed by atoms with Crippen LogP contribution < -0.4 is 25.9 Å². The van der Waals surface area contributed by atoms with Crippen LogP contribution in [0.25, 0.3) is 22.5 Å². The van der Waals surface area contributed by atoms with Crippen molar-refractivity contribution in [2.24, 2.45) is 0 Å². The SMILES string of the molecule is [2H]C([2H])([2H])c1c[c-]c(-c2ccc(C(C)(C)C)cn2)cc1.[Ir].[c-]1cc2c3c(c1-c1ccccn1)Oc1ccccc1B3c1ccccc1O2. The monoisotopic (exact) mass is 766 g/mol. The molecule has 0 bridgehead atoms. The van der Waals surface area contributed by atoms with Gasteiger partial charge in [-0.05, 0) is 51.5 Å². The van der Waals surface area contributed by atoms with E-state index in [1.165, 1.54) is 11.6 Å². The summed E-state index contributed by atoms with van der Waals surface area (Å²) in [5.41, 5.74) is 8.19. The standard InChI is InChI=1S/C23H13BNO2.C16H18N.Ir/c1-3-10-19-16(7-1)24-17-8-2-4-11-20(17)27-23-15(18-9-5-6-14-25-18)12-13-21(26-19)22(23)24;1-12-5-7-13(8-6-12)15-10-9-14(11-17-15)16(2,3)4;/h1-11,13-14H;5-7,9-11H,1-4H3;/q2*-1;/i;1D3;. The predicted molar refractivity (Wildman–Crippen MR) is 178 cm³/mol. The van der Waals surface area contributed by atoms with Gasteiger partial charge in [-0.2, -0.15) is 0 Å². The molecule has 0 saturated carbocycles. The molecular formula is C39H31BIrN2O2-2. The summed E-state index contributed by atoms with van der Waals surface area (Å²) in [4.78, 5) is 8.94. The van der Waals surface area contributed by atoms with Gasteiger partial charge in [-0.1, -0.05) is 99.3 Å². The summed E-state index contributed by atoms with van der Waals surface area (Å²) in [6, 6.07) is 39.4. The Labute approximate surface area is 283 Å². The van der Waals surface area contributed by atoms with Crippen LogP contribution in [-0.2, 0) is 25.5 Å². The van der Waals surface area contributed by atoms with Crippen molar-refractivity contribution in [1.82, 2.24) is 9.97 Å². The number of aryl methyl sites for hydroxylation is 1. The van der Waals surface area contributed by atoms with Crippen LogP contribution in [0.5, 0.6) is 23.0 Å². The third-order valence-corrected chi connectivity index (χ3v) is 7.90. The van der Waals surface area contributed by atoms with Crippen molar-refractivity contribution in [3.63, 3.8) is 0 Å². The minimum absolute atomic E-state index is 0. The fourth-order valence-corrected chi connectivity index (χ4v) is 5.60. The second-order valence-electron chi connectivity index (χ2n) is 11.9. The van der Waals surface area contributed by atoms with Crippen LogP contribution in [0.3, 0.4) is 0 Å². The number of hydrogen-bond acceptors (Lipinski definition) is 4. The molecule has 45 heavy (non-hydrogen) atoms. The Morgan fingerprint density at radius 3 is 2.07 bits per heavy atom. The van der Waals surface area contributed by atoms with Crippen molar-refractivity contribution in [3.8, 4) is 45.5 Å². The van der Waals surface area contributed by atoms with Crippen LogP contribution in [0.2, 0.25) is 0 Å². The fraction of sp³-hybridized carbons (Fsp3) is 0.128. The molecule has 0 atom stereocenters. The Bertz CT molecular complexity index is 2000. The van der Waals surface area contributed by atoms with Gasteiger partial charge in [0, 0.05) is 48.1 Å². The van der Waals surface area contributed by atoms with Gasteiger partial charge in [0.1, 0.15) is 11.5 Å². The summed E-state index contributed by atoms with van der Waals surface area (Å²) in [5.74, 6) is 3.33. The number of ether oxygens (including phenoxy) is 2. The van der Waals surface area contributed by atoms with Crippen molar-refractivity contribution in [2.75, 3.05) is 0 Å². The molecule has 0 spiro atoms. The topological polar surface area (TPSA) is 44.2 Å². The van der Waals surface area contributed by atoms with Crippen LogP contribution in [0.4, 0.5) is 0 Å². The van der Waals surface area contributed by atoms with Gasteiger partial charge in [0.25, 0.3) is 0 Å². The summed E-state index contributed by atoms with van der Waals surface area (Å²) in [6.07, 6.45) is 3.65. The molecule has 2 aromatic heterocycles. The Hall–Kier alpha value is -4.51. The second-order valence-corrected chi connectivity index (χ2v) is 11.9. The summed E-state index contributed by atoms with van der Waals surface area (Å²) in [6.45, 7) is 4.41. The van der Waals surface area contributed by atoms with Crippen molar-refractivity contribution >= 4 is 23.1 Å². The number of hydrogen-bond donors (Lipinski definition) is 0. The van der Waals surface area contributed by atoms with E-state index in [1.54, 1.807) is 18.3 Å². The van der Waals surface area contributed by atoms with Gasteiger partial charge >= 0.3 is 0 Å². The van der Waals surface area contributed by atoms with E-state index in [0.29, 0.717) is 5.56 Å². The molecule has 223 valence electrons. The summed E-state index contributed by atoms with van der Waals surface area (Å²) < 4.78 is 34.6. The molecule has 4 aromatic carbocycles. The molecule has 4 nitrogen and oxygen atoms in total. The molecule has 1 radical (unpaired) electrons. The summed E-state index contributed by atoms with van der Waals surface area (Å²) in [7, 11) is 0. The molecule has 6 aromatic rings. The molecule has 0 unspecified atom stereocenters. The molecule has 0 fully saturated rings. The van der Waals surface area contributed by atoms with E-state index in [-0.39, 0.29) is 32.2 Å². The van der Waals surface area contributed by atoms with Crippen LogP contribution in [0, 0.1) is 19.0 Å². The van der Waals surface area contributed by atoms with Crippen LogP contribution in [0.15, 0.2) is 116 Å². The zero-order valence-corrected chi connectivity index (χ0v) is 27.5. The Kier molecular flexibility index (Phi) is 7.45. The molecule has 8 rings (SSSR count). The van der Waals surface area contributed by atoms with Crippen molar-refractivity contribution < 1.29 is 33.7 Å². The van der Waals surface area contributed by atoms with Gasteiger partial charge in [-0.15, -0.1) is 47.5 Å². The second kappa shape index (κ2) is 12.5. The maximum absolute atomic E-state index is 7.34. The average Bonchev–Trinajstić information content (AvgIpc) is 3.08. The first-order chi connectivity index (χ1) is 22.6. The number of aromatic nitrogens is 2. The van der Waals surface area contributed by atoms with Crippen LogP contribution in [-0.4, -0.2) is 16.7 Å². The maximum atomic E-state index is 7.34. The average molecular weight is 766 g/mol. The van der Waals surface area contributed by atoms with Crippen molar-refractivity contribution in [3.05, 3.63) is 139 Å². The quantitative estimate of drug-likeness (QED) is 0.136. The van der Waals surface area contributed by atoms with E-state index in [4.69, 9.17) is 13.6 Å². The fourth-order valence-electron chi connectivity index (χ4n) is 5.60. The zero-order chi connectivity index (χ0) is 32.8. The van der Waals surface area contributed by atoms with E-state index in [0.717, 1.165) is 61.9 Å². The number of fused-ring (bicyclic) bond motifs is 4. The Morgan fingerprint density at radius 1 is 0.711 bits per heavy atom. The van der Waals surface area contributed by atoms with Gasteiger partial charge in [-0.25, -0.2) is 0 Å². The largest absolute Gasteiger partial charge is 0.503 e. The van der Waals surface area contributed by atoms with E-state index in [1.807, 2.05) is 66.9 Å². The van der Waals surface area contributed by atoms with E-state index >= 15 is 0 Å². The summed E-state index contributed by atoms with van der Waals surface area (Å²) in [5, 5.41) is 0. The van der Waals surface area contributed by atoms with Crippen LogP contribution >= 0.6 is 0 Å². The molecule has 2 aliphatic rings.